The molecule has 5 atom stereocenters. The van der Waals surface area contributed by atoms with Gasteiger partial charge in [-0.05, 0) is 79.2 Å². The Morgan fingerprint density at radius 3 is 2.79 bits per heavy atom. The van der Waals surface area contributed by atoms with Crippen molar-refractivity contribution in [3.8, 4) is 0 Å². The number of aliphatic hydroxyl groups is 3. The van der Waals surface area contributed by atoms with Crippen molar-refractivity contribution in [1.82, 2.24) is 0 Å². The Hall–Kier alpha value is -0.740. The van der Waals surface area contributed by atoms with Gasteiger partial charge in [0.15, 0.2) is 0 Å². The summed E-state index contributed by atoms with van der Waals surface area (Å²) in [6.45, 7) is 2.10. The molecule has 7 heteroatoms. The van der Waals surface area contributed by atoms with Gasteiger partial charge in [0, 0.05) is 23.6 Å². The third-order valence-corrected chi connectivity index (χ3v) is 7.56. The first-order chi connectivity index (χ1) is 13.8. The van der Waals surface area contributed by atoms with E-state index in [2.05, 4.69) is 35.6 Å². The Morgan fingerprint density at radius 1 is 1.38 bits per heavy atom. The van der Waals surface area contributed by atoms with E-state index in [1.54, 1.807) is 17.4 Å². The first-order valence-electron chi connectivity index (χ1n) is 10.2. The Labute approximate surface area is 190 Å². The summed E-state index contributed by atoms with van der Waals surface area (Å²) in [7, 11) is 0. The fourth-order valence-electron chi connectivity index (χ4n) is 3.83. The van der Waals surface area contributed by atoms with Gasteiger partial charge in [0.25, 0.3) is 0 Å². The minimum Gasteiger partial charge on any atom is -0.393 e. The number of nitrogens with two attached hydrogens (primary N) is 1. The van der Waals surface area contributed by atoms with Crippen LogP contribution in [0.4, 0.5) is 0 Å². The van der Waals surface area contributed by atoms with Crippen LogP contribution < -0.4 is 5.73 Å². The lowest BCUT2D eigenvalue weighted by Gasteiger charge is -2.19. The predicted molar refractivity (Wildman–Crippen MR) is 126 cm³/mol. The van der Waals surface area contributed by atoms with Gasteiger partial charge in [0.1, 0.15) is 0 Å². The third kappa shape index (κ3) is 8.13. The molecular weight excluding hydrogens is 501 g/mol. The van der Waals surface area contributed by atoms with Crippen molar-refractivity contribution in [3.63, 3.8) is 0 Å². The lowest BCUT2D eigenvalue weighted by Crippen LogP contribution is -2.20. The molecule has 0 bridgehead atoms. The molecule has 0 radical (unpaired) electrons. The number of aryl methyl sites for hydroxylation is 2. The maximum atomic E-state index is 10.7. The van der Waals surface area contributed by atoms with Gasteiger partial charge in [0.05, 0.1) is 21.2 Å². The summed E-state index contributed by atoms with van der Waals surface area (Å²) in [6, 6.07) is 2.16. The summed E-state index contributed by atoms with van der Waals surface area (Å²) in [5.41, 5.74) is 6.40. The minimum absolute atomic E-state index is 0.0676. The molecule has 0 aromatic carbocycles. The van der Waals surface area contributed by atoms with Crippen LogP contribution in [0.15, 0.2) is 30.4 Å². The summed E-state index contributed by atoms with van der Waals surface area (Å²) < 4.78 is 1.26. The standard InChI is InChI=1S/C22H32INO4S/c1-14-12-21(23)29-20(14)11-9-15(25)8-10-17-16(18(26)13-19(17)27)6-4-2-3-5-7-22(24)28/h2,4,8,10,12,15-19,25-27H,3,5-7,9,11,13H2,1H3,(H2,24,28)/t15?,16-,17-,18?,19?/m1/s1. The highest BCUT2D eigenvalue weighted by molar-refractivity contribution is 14.1. The van der Waals surface area contributed by atoms with Gasteiger partial charge >= 0.3 is 0 Å². The molecule has 0 saturated heterocycles. The number of amides is 1. The van der Waals surface area contributed by atoms with Crippen LogP contribution in [0.3, 0.4) is 0 Å². The molecule has 1 aliphatic carbocycles. The fraction of sp³-hybridized carbons (Fsp3) is 0.591. The minimum atomic E-state index is -0.595. The van der Waals surface area contributed by atoms with E-state index in [1.807, 2.05) is 18.2 Å². The van der Waals surface area contributed by atoms with Gasteiger partial charge in [-0.2, -0.15) is 0 Å². The van der Waals surface area contributed by atoms with Crippen molar-refractivity contribution in [2.75, 3.05) is 0 Å². The first kappa shape index (κ1) is 24.5. The lowest BCUT2D eigenvalue weighted by molar-refractivity contribution is -0.118. The number of allylic oxidation sites excluding steroid dienone is 2. The SMILES string of the molecule is Cc1cc(I)sc1CCC(O)C=C[C@H]1C(O)CC(O)[C@@H]1CC=CCCCC(N)=O. The largest absolute Gasteiger partial charge is 0.393 e. The molecule has 3 unspecified atom stereocenters. The lowest BCUT2D eigenvalue weighted by atomic mass is 9.89. The van der Waals surface area contributed by atoms with Gasteiger partial charge in [0.2, 0.25) is 5.91 Å². The van der Waals surface area contributed by atoms with E-state index < -0.39 is 18.3 Å². The second kappa shape index (κ2) is 12.2. The average molecular weight is 533 g/mol. The highest BCUT2D eigenvalue weighted by Gasteiger charge is 2.39. The number of thiophene rings is 1. The molecule has 1 aliphatic rings. The summed E-state index contributed by atoms with van der Waals surface area (Å²) in [4.78, 5) is 12.0. The number of carbonyl (C=O) groups is 1. The number of hydrogen-bond donors (Lipinski definition) is 4. The van der Waals surface area contributed by atoms with Crippen LogP contribution in [-0.2, 0) is 11.2 Å². The van der Waals surface area contributed by atoms with Gasteiger partial charge < -0.3 is 21.1 Å². The van der Waals surface area contributed by atoms with Crippen LogP contribution in [0.2, 0.25) is 0 Å². The van der Waals surface area contributed by atoms with Crippen LogP contribution in [0.1, 0.15) is 49.0 Å². The zero-order valence-corrected chi connectivity index (χ0v) is 19.8. The molecule has 5 N–H and O–H groups in total. The molecule has 1 aromatic heterocycles. The molecular formula is C22H32INO4S. The number of aliphatic hydroxyl groups excluding tert-OH is 3. The number of unbranched alkanes of at least 4 members (excludes halogenated alkanes) is 1. The van der Waals surface area contributed by atoms with Crippen molar-refractivity contribution in [2.45, 2.75) is 70.2 Å². The van der Waals surface area contributed by atoms with Gasteiger partial charge in [-0.15, -0.1) is 11.3 Å². The first-order valence-corrected chi connectivity index (χ1v) is 12.1. The van der Waals surface area contributed by atoms with Crippen LogP contribution in [-0.4, -0.2) is 39.5 Å². The van der Waals surface area contributed by atoms with Gasteiger partial charge in [-0.25, -0.2) is 0 Å². The molecule has 29 heavy (non-hydrogen) atoms. The van der Waals surface area contributed by atoms with Crippen molar-refractivity contribution in [2.24, 2.45) is 17.6 Å². The van der Waals surface area contributed by atoms with Crippen LogP contribution in [0, 0.1) is 21.6 Å². The number of rotatable bonds is 11. The van der Waals surface area contributed by atoms with E-state index in [4.69, 9.17) is 5.73 Å². The molecule has 2 rings (SSSR count). The molecule has 1 heterocycles. The van der Waals surface area contributed by atoms with Crippen molar-refractivity contribution in [1.29, 1.82) is 0 Å². The Morgan fingerprint density at radius 2 is 2.14 bits per heavy atom. The molecule has 1 amide bonds. The zero-order valence-electron chi connectivity index (χ0n) is 16.8. The van der Waals surface area contributed by atoms with Crippen molar-refractivity contribution < 1.29 is 20.1 Å². The highest BCUT2D eigenvalue weighted by Crippen LogP contribution is 2.36. The fourth-order valence-corrected chi connectivity index (χ4v) is 6.01. The average Bonchev–Trinajstić information content (AvgIpc) is 3.11. The summed E-state index contributed by atoms with van der Waals surface area (Å²) >= 11 is 4.08. The van der Waals surface area contributed by atoms with Crippen LogP contribution in [0.25, 0.3) is 0 Å². The molecule has 1 fully saturated rings. The van der Waals surface area contributed by atoms with Gasteiger partial charge in [-0.1, -0.05) is 24.3 Å². The van der Waals surface area contributed by atoms with Crippen LogP contribution in [0.5, 0.6) is 0 Å². The number of hydrogen-bond acceptors (Lipinski definition) is 5. The predicted octanol–water partition coefficient (Wildman–Crippen LogP) is 3.47. The van der Waals surface area contributed by atoms with E-state index in [0.717, 1.165) is 19.3 Å². The number of halogens is 1. The second-order valence-corrected chi connectivity index (χ2v) is 10.9. The van der Waals surface area contributed by atoms with Crippen molar-refractivity contribution in [3.05, 3.63) is 43.7 Å². The normalized spacial score (nSPS) is 26.0. The molecule has 0 aliphatic heterocycles. The van der Waals surface area contributed by atoms with Crippen molar-refractivity contribution >= 4 is 39.8 Å². The van der Waals surface area contributed by atoms with Gasteiger partial charge in [-0.3, -0.25) is 4.79 Å². The molecule has 162 valence electrons. The van der Waals surface area contributed by atoms with E-state index in [1.165, 1.54) is 13.3 Å². The smallest absolute Gasteiger partial charge is 0.217 e. The maximum absolute atomic E-state index is 10.7. The second-order valence-electron chi connectivity index (χ2n) is 7.82. The number of carbonyl (C=O) groups excluding carboxylic acids is 1. The zero-order chi connectivity index (χ0) is 21.4. The monoisotopic (exact) mass is 533 g/mol. The molecule has 1 aromatic rings. The maximum Gasteiger partial charge on any atom is 0.217 e. The summed E-state index contributed by atoms with van der Waals surface area (Å²) in [6.07, 6.45) is 10.3. The third-order valence-electron chi connectivity index (χ3n) is 5.50. The molecule has 0 spiro atoms. The quantitative estimate of drug-likeness (QED) is 0.199. The summed E-state index contributed by atoms with van der Waals surface area (Å²) in [5, 5.41) is 31.0. The topological polar surface area (TPSA) is 104 Å². The molecule has 5 nitrogen and oxygen atoms in total. The Bertz CT molecular complexity index is 718. The van der Waals surface area contributed by atoms with E-state index >= 15 is 0 Å². The van der Waals surface area contributed by atoms with E-state index in [-0.39, 0.29) is 17.7 Å². The highest BCUT2D eigenvalue weighted by atomic mass is 127. The van der Waals surface area contributed by atoms with E-state index in [0.29, 0.717) is 25.7 Å². The summed E-state index contributed by atoms with van der Waals surface area (Å²) in [5.74, 6) is -0.526. The van der Waals surface area contributed by atoms with Crippen LogP contribution >= 0.6 is 33.9 Å². The van der Waals surface area contributed by atoms with E-state index in [9.17, 15) is 20.1 Å². The number of primary amides is 1. The Balaban J connectivity index is 1.84. The molecule has 1 saturated carbocycles. The Kier molecular flexibility index (Phi) is 10.3.